The second-order valence-electron chi connectivity index (χ2n) is 7.91. The molecule has 1 saturated carbocycles. The zero-order valence-electron chi connectivity index (χ0n) is 16.5. The molecule has 0 amide bonds. The van der Waals surface area contributed by atoms with Crippen LogP contribution in [0.25, 0.3) is 0 Å². The average Bonchev–Trinajstić information content (AvgIpc) is 2.75. The van der Waals surface area contributed by atoms with Crippen molar-refractivity contribution < 1.29 is 5.11 Å². The van der Waals surface area contributed by atoms with Crippen molar-refractivity contribution in [3.8, 4) is 0 Å². The van der Waals surface area contributed by atoms with Crippen molar-refractivity contribution in [3.63, 3.8) is 0 Å². The third kappa shape index (κ3) is 4.10. The van der Waals surface area contributed by atoms with Gasteiger partial charge in [0.25, 0.3) is 5.56 Å². The van der Waals surface area contributed by atoms with Crippen LogP contribution < -0.4 is 11.2 Å². The fourth-order valence-corrected chi connectivity index (χ4v) is 4.18. The molecular formula is C24H26N2O3. The minimum Gasteiger partial charge on any atom is -0.385 e. The number of benzene rings is 2. The van der Waals surface area contributed by atoms with Gasteiger partial charge in [-0.25, -0.2) is 4.79 Å². The highest BCUT2D eigenvalue weighted by Crippen LogP contribution is 2.35. The van der Waals surface area contributed by atoms with Crippen LogP contribution in [-0.4, -0.2) is 14.2 Å². The predicted octanol–water partition coefficient (Wildman–Crippen LogP) is 3.26. The molecule has 0 bridgehead atoms. The van der Waals surface area contributed by atoms with E-state index in [1.807, 2.05) is 60.7 Å². The molecule has 1 aliphatic carbocycles. The van der Waals surface area contributed by atoms with Crippen molar-refractivity contribution in [2.24, 2.45) is 0 Å². The largest absolute Gasteiger partial charge is 0.385 e. The topological polar surface area (TPSA) is 64.2 Å². The average molecular weight is 390 g/mol. The highest BCUT2D eigenvalue weighted by atomic mass is 16.3. The van der Waals surface area contributed by atoms with Crippen LogP contribution in [0.15, 0.2) is 76.4 Å². The maximum atomic E-state index is 13.3. The Hall–Kier alpha value is -2.92. The van der Waals surface area contributed by atoms with Crippen LogP contribution in [0.4, 0.5) is 0 Å². The first-order chi connectivity index (χ1) is 14.1. The minimum absolute atomic E-state index is 0.192. The Morgan fingerprint density at radius 2 is 1.34 bits per heavy atom. The zero-order chi connectivity index (χ0) is 20.3. The van der Waals surface area contributed by atoms with E-state index in [1.54, 1.807) is 10.8 Å². The molecule has 5 nitrogen and oxygen atoms in total. The Kier molecular flexibility index (Phi) is 5.49. The molecule has 0 aliphatic heterocycles. The Bertz CT molecular complexity index is 1080. The summed E-state index contributed by atoms with van der Waals surface area (Å²) >= 11 is 0. The van der Waals surface area contributed by atoms with Crippen LogP contribution in [0.2, 0.25) is 0 Å². The summed E-state index contributed by atoms with van der Waals surface area (Å²) < 4.78 is 2.82. The van der Waals surface area contributed by atoms with Crippen molar-refractivity contribution in [2.75, 3.05) is 0 Å². The summed E-state index contributed by atoms with van der Waals surface area (Å²) in [6, 6.07) is 19.2. The van der Waals surface area contributed by atoms with E-state index in [1.165, 1.54) is 4.57 Å². The molecule has 1 aromatic heterocycles. The van der Waals surface area contributed by atoms with E-state index in [9.17, 15) is 14.7 Å². The number of aliphatic hydroxyl groups is 1. The molecule has 0 unspecified atom stereocenters. The summed E-state index contributed by atoms with van der Waals surface area (Å²) in [5, 5.41) is 11.3. The normalized spacial score (nSPS) is 15.9. The van der Waals surface area contributed by atoms with Gasteiger partial charge in [0.2, 0.25) is 0 Å². The third-order valence-electron chi connectivity index (χ3n) is 5.80. The molecule has 0 radical (unpaired) electrons. The van der Waals surface area contributed by atoms with Crippen molar-refractivity contribution in [3.05, 3.63) is 104 Å². The molecule has 1 fully saturated rings. The van der Waals surface area contributed by atoms with Gasteiger partial charge in [0, 0.05) is 6.20 Å². The molecule has 4 rings (SSSR count). The van der Waals surface area contributed by atoms with Crippen LogP contribution in [0.3, 0.4) is 0 Å². The van der Waals surface area contributed by atoms with Gasteiger partial charge in [0.1, 0.15) is 0 Å². The molecule has 0 saturated heterocycles. The summed E-state index contributed by atoms with van der Waals surface area (Å²) in [6.45, 7) is 0.551. The van der Waals surface area contributed by atoms with E-state index in [4.69, 9.17) is 0 Å². The predicted molar refractivity (Wildman–Crippen MR) is 113 cm³/mol. The van der Waals surface area contributed by atoms with E-state index in [0.29, 0.717) is 24.9 Å². The maximum absolute atomic E-state index is 13.3. The van der Waals surface area contributed by atoms with Crippen molar-refractivity contribution in [2.45, 2.75) is 50.8 Å². The minimum atomic E-state index is -1.17. The first-order valence-corrected chi connectivity index (χ1v) is 10.2. The van der Waals surface area contributed by atoms with E-state index in [-0.39, 0.29) is 17.8 Å². The lowest BCUT2D eigenvalue weighted by Gasteiger charge is -2.32. The van der Waals surface area contributed by atoms with Gasteiger partial charge in [-0.3, -0.25) is 13.9 Å². The number of hydrogen-bond acceptors (Lipinski definition) is 3. The van der Waals surface area contributed by atoms with Gasteiger partial charge in [0.05, 0.1) is 24.3 Å². The van der Waals surface area contributed by atoms with Crippen molar-refractivity contribution in [1.82, 2.24) is 9.13 Å². The summed E-state index contributed by atoms with van der Waals surface area (Å²) in [6.07, 6.45) is 5.52. The lowest BCUT2D eigenvalue weighted by atomic mass is 9.80. The van der Waals surface area contributed by atoms with Crippen LogP contribution in [-0.2, 0) is 18.7 Å². The molecule has 29 heavy (non-hydrogen) atoms. The van der Waals surface area contributed by atoms with Gasteiger partial charge < -0.3 is 5.11 Å². The second kappa shape index (κ2) is 8.21. The van der Waals surface area contributed by atoms with Gasteiger partial charge in [-0.2, -0.15) is 0 Å². The fourth-order valence-electron chi connectivity index (χ4n) is 4.18. The molecule has 3 aromatic rings. The molecule has 1 N–H and O–H groups in total. The van der Waals surface area contributed by atoms with Gasteiger partial charge in [-0.1, -0.05) is 79.9 Å². The standard InChI is InChI=1S/C24H26N2O3/c27-22-21(24(29)14-8-3-9-15-24)18-25(16-19-10-4-1-5-11-19)23(28)26(22)17-20-12-6-2-7-13-20/h1-2,4-7,10-13,18,29H,3,8-9,14-17H2. The summed E-state index contributed by atoms with van der Waals surface area (Å²) in [5.74, 6) is 0. The first kappa shape index (κ1) is 19.4. The third-order valence-corrected chi connectivity index (χ3v) is 5.80. The zero-order valence-corrected chi connectivity index (χ0v) is 16.5. The Labute approximate surface area is 169 Å². The number of hydrogen-bond donors (Lipinski definition) is 1. The lowest BCUT2D eigenvalue weighted by molar-refractivity contribution is -0.00312. The molecule has 1 heterocycles. The Morgan fingerprint density at radius 1 is 0.793 bits per heavy atom. The van der Waals surface area contributed by atoms with Gasteiger partial charge in [0.15, 0.2) is 0 Å². The van der Waals surface area contributed by atoms with E-state index in [0.717, 1.165) is 30.4 Å². The number of aromatic nitrogens is 2. The lowest BCUT2D eigenvalue weighted by Crippen LogP contribution is -2.46. The maximum Gasteiger partial charge on any atom is 0.331 e. The van der Waals surface area contributed by atoms with Crippen LogP contribution in [0.1, 0.15) is 48.8 Å². The van der Waals surface area contributed by atoms with Crippen LogP contribution in [0.5, 0.6) is 0 Å². The molecule has 0 spiro atoms. The van der Waals surface area contributed by atoms with Crippen LogP contribution >= 0.6 is 0 Å². The number of nitrogens with zero attached hydrogens (tertiary/aromatic N) is 2. The molecule has 1 aliphatic rings. The Morgan fingerprint density at radius 3 is 1.93 bits per heavy atom. The summed E-state index contributed by atoms with van der Waals surface area (Å²) in [4.78, 5) is 26.5. The fraction of sp³-hybridized carbons (Fsp3) is 0.333. The second-order valence-corrected chi connectivity index (χ2v) is 7.91. The number of rotatable bonds is 5. The molecule has 150 valence electrons. The van der Waals surface area contributed by atoms with Gasteiger partial charge in [-0.15, -0.1) is 0 Å². The van der Waals surface area contributed by atoms with Crippen LogP contribution in [0, 0.1) is 0 Å². The highest BCUT2D eigenvalue weighted by Gasteiger charge is 2.35. The van der Waals surface area contributed by atoms with E-state index < -0.39 is 5.60 Å². The Balaban J connectivity index is 1.84. The van der Waals surface area contributed by atoms with Crippen molar-refractivity contribution in [1.29, 1.82) is 0 Å². The van der Waals surface area contributed by atoms with Crippen molar-refractivity contribution >= 4 is 0 Å². The SMILES string of the molecule is O=c1c(C2(O)CCCCC2)cn(Cc2ccccc2)c(=O)n1Cc1ccccc1. The highest BCUT2D eigenvalue weighted by molar-refractivity contribution is 5.21. The molecule has 2 aromatic carbocycles. The molecule has 0 atom stereocenters. The van der Waals surface area contributed by atoms with Gasteiger partial charge >= 0.3 is 5.69 Å². The van der Waals surface area contributed by atoms with Gasteiger partial charge in [-0.05, 0) is 24.0 Å². The monoisotopic (exact) mass is 390 g/mol. The first-order valence-electron chi connectivity index (χ1n) is 10.2. The van der Waals surface area contributed by atoms with E-state index in [2.05, 4.69) is 0 Å². The quantitative estimate of drug-likeness (QED) is 0.727. The molecular weight excluding hydrogens is 364 g/mol. The van der Waals surface area contributed by atoms with E-state index >= 15 is 0 Å². The summed E-state index contributed by atoms with van der Waals surface area (Å²) in [7, 11) is 0. The smallest absolute Gasteiger partial charge is 0.331 e. The summed E-state index contributed by atoms with van der Waals surface area (Å²) in [5.41, 5.74) is 0.286. The molecule has 5 heteroatoms.